The van der Waals surface area contributed by atoms with E-state index in [1.165, 1.54) is 0 Å². The molecule has 2 aromatic carbocycles. The number of allylic oxidation sites excluding steroid dienone is 1. The van der Waals surface area contributed by atoms with Crippen molar-refractivity contribution in [3.8, 4) is 11.3 Å². The molecule has 0 aliphatic heterocycles. The summed E-state index contributed by atoms with van der Waals surface area (Å²) in [6.07, 6.45) is 5.67. The average Bonchev–Trinajstić information content (AvgIpc) is 3.42. The molecule has 43 heavy (non-hydrogen) atoms. The highest BCUT2D eigenvalue weighted by atomic mass is 19.1. The fourth-order valence-electron chi connectivity index (χ4n) is 5.45. The number of hydrogen-bond acceptors (Lipinski definition) is 8. The molecule has 0 spiro atoms. The largest absolute Gasteiger partial charge is 0.381 e. The number of carbonyl (C=O) groups is 1. The highest BCUT2D eigenvalue weighted by Gasteiger charge is 2.30. The molecule has 220 valence electrons. The van der Waals surface area contributed by atoms with Gasteiger partial charge in [0, 0.05) is 48.8 Å². The van der Waals surface area contributed by atoms with Crippen LogP contribution in [0.2, 0.25) is 0 Å². The van der Waals surface area contributed by atoms with Crippen LogP contribution >= 0.6 is 0 Å². The summed E-state index contributed by atoms with van der Waals surface area (Å²) in [6.45, 7) is 7.84. The van der Waals surface area contributed by atoms with Crippen LogP contribution in [0, 0.1) is 0 Å². The van der Waals surface area contributed by atoms with Crippen molar-refractivity contribution in [2.75, 3.05) is 17.7 Å². The third kappa shape index (κ3) is 5.83. The Balaban J connectivity index is 1.30. The van der Waals surface area contributed by atoms with Gasteiger partial charge in [0.15, 0.2) is 17.3 Å². The molecule has 1 aliphatic rings. The minimum absolute atomic E-state index is 0.0344. The maximum absolute atomic E-state index is 13.3. The Labute approximate surface area is 249 Å². The predicted molar refractivity (Wildman–Crippen MR) is 166 cm³/mol. The minimum atomic E-state index is -0.931. The second kappa shape index (κ2) is 11.9. The van der Waals surface area contributed by atoms with Crippen LogP contribution in [0.1, 0.15) is 49.3 Å². The molecule has 3 aromatic heterocycles. The number of ether oxygens (including phenoxy) is 1. The lowest BCUT2D eigenvalue weighted by Crippen LogP contribution is -2.40. The van der Waals surface area contributed by atoms with E-state index < -0.39 is 11.6 Å². The molecule has 0 unspecified atom stereocenters. The Bertz CT molecular complexity index is 1830. The van der Waals surface area contributed by atoms with Gasteiger partial charge in [0.25, 0.3) is 0 Å². The third-order valence-electron chi connectivity index (χ3n) is 7.98. The number of nitrogens with zero attached hydrogens (tertiary/aromatic N) is 5. The van der Waals surface area contributed by atoms with Gasteiger partial charge in [0.05, 0.1) is 18.0 Å². The Hall–Kier alpha value is -4.70. The van der Waals surface area contributed by atoms with Crippen molar-refractivity contribution in [3.63, 3.8) is 0 Å². The number of carbonyl (C=O) groups excluding carboxylic acids is 1. The van der Waals surface area contributed by atoms with Gasteiger partial charge in [-0.15, -0.1) is 0 Å². The van der Waals surface area contributed by atoms with Gasteiger partial charge < -0.3 is 15.4 Å². The first kappa shape index (κ1) is 28.4. The number of Topliss-reactive ketones (excluding diaryl/α,β-unsaturated/α-hetero) is 1. The van der Waals surface area contributed by atoms with Crippen molar-refractivity contribution in [2.24, 2.45) is 0 Å². The highest BCUT2D eigenvalue weighted by molar-refractivity contribution is 5.98. The molecular formula is C33H34FN7O2. The smallest absolute Gasteiger partial charge is 0.229 e. The topological polar surface area (TPSA) is 106 Å². The first-order valence-electron chi connectivity index (χ1n) is 14.4. The molecule has 2 N–H and O–H groups in total. The zero-order chi connectivity index (χ0) is 30.1. The quantitative estimate of drug-likeness (QED) is 0.177. The first-order chi connectivity index (χ1) is 20.8. The molecule has 0 atom stereocenters. The van der Waals surface area contributed by atoms with Crippen LogP contribution in [0.3, 0.4) is 0 Å². The number of halogens is 1. The second-order valence-electron chi connectivity index (χ2n) is 11.3. The number of benzene rings is 2. The van der Waals surface area contributed by atoms with Crippen LogP contribution in [-0.4, -0.2) is 49.6 Å². The maximum Gasteiger partial charge on any atom is 0.229 e. The Morgan fingerprint density at radius 1 is 1.16 bits per heavy atom. The average molecular weight is 580 g/mol. The van der Waals surface area contributed by atoms with Crippen LogP contribution < -0.4 is 10.6 Å². The molecule has 3 heterocycles. The van der Waals surface area contributed by atoms with E-state index in [1.54, 1.807) is 17.8 Å². The fraction of sp³-hybridized carbons (Fsp3) is 0.303. The SMILES string of the molecule is C=C(F)C(=O)Cc1ccc2c(-c3ccccc3CNc3nc(NC4CC(OC)C4)nc4c(C(C)C)cnn34)nccc2c1. The highest BCUT2D eigenvalue weighted by Crippen LogP contribution is 2.31. The van der Waals surface area contributed by atoms with Gasteiger partial charge in [-0.25, -0.2) is 4.39 Å². The lowest BCUT2D eigenvalue weighted by molar-refractivity contribution is -0.116. The van der Waals surface area contributed by atoms with Gasteiger partial charge in [0.1, 0.15) is 0 Å². The molecule has 1 fully saturated rings. The van der Waals surface area contributed by atoms with Crippen molar-refractivity contribution < 1.29 is 13.9 Å². The van der Waals surface area contributed by atoms with Crippen LogP contribution in [0.25, 0.3) is 27.7 Å². The molecule has 9 nitrogen and oxygen atoms in total. The van der Waals surface area contributed by atoms with Crippen molar-refractivity contribution in [2.45, 2.75) is 57.7 Å². The van der Waals surface area contributed by atoms with Gasteiger partial charge in [0.2, 0.25) is 11.9 Å². The van der Waals surface area contributed by atoms with Gasteiger partial charge >= 0.3 is 0 Å². The number of rotatable bonds is 11. The van der Waals surface area contributed by atoms with E-state index >= 15 is 0 Å². The Morgan fingerprint density at radius 2 is 1.98 bits per heavy atom. The van der Waals surface area contributed by atoms with E-state index in [0.29, 0.717) is 18.4 Å². The summed E-state index contributed by atoms with van der Waals surface area (Å²) < 4.78 is 20.5. The summed E-state index contributed by atoms with van der Waals surface area (Å²) >= 11 is 0. The van der Waals surface area contributed by atoms with E-state index in [0.717, 1.165) is 57.2 Å². The molecule has 0 saturated heterocycles. The standard InChI is InChI=1S/C33H34FN7O2/c1-19(2)28-18-37-41-31(28)39-32(38-24-15-25(16-24)43-4)40-33(41)36-17-23-7-5-6-8-26(23)30-27-10-9-21(14-29(42)20(3)34)13-22(27)11-12-35-30/h5-13,18-19,24-25H,3,14-17H2,1-2,4H3,(H2,36,38,39,40). The Kier molecular flexibility index (Phi) is 7.86. The molecule has 0 bridgehead atoms. The van der Waals surface area contributed by atoms with Gasteiger partial charge in [-0.1, -0.05) is 62.9 Å². The van der Waals surface area contributed by atoms with Gasteiger partial charge in [-0.2, -0.15) is 19.6 Å². The fourth-order valence-corrected chi connectivity index (χ4v) is 5.45. The summed E-state index contributed by atoms with van der Waals surface area (Å²) in [5.74, 6) is -0.147. The lowest BCUT2D eigenvalue weighted by Gasteiger charge is -2.34. The molecule has 5 aromatic rings. The van der Waals surface area contributed by atoms with E-state index in [9.17, 15) is 9.18 Å². The van der Waals surface area contributed by atoms with Crippen LogP contribution in [0.5, 0.6) is 0 Å². The summed E-state index contributed by atoms with van der Waals surface area (Å²) in [5.41, 5.74) is 5.35. The lowest BCUT2D eigenvalue weighted by atomic mass is 9.89. The second-order valence-corrected chi connectivity index (χ2v) is 11.3. The number of anilines is 2. The van der Waals surface area contributed by atoms with Crippen molar-refractivity contribution >= 4 is 34.1 Å². The number of nitrogens with one attached hydrogen (secondary N) is 2. The van der Waals surface area contributed by atoms with Gasteiger partial charge in [-0.05, 0) is 41.3 Å². The third-order valence-corrected chi connectivity index (χ3v) is 7.98. The number of pyridine rings is 1. The van der Waals surface area contributed by atoms with Crippen molar-refractivity contribution in [1.29, 1.82) is 0 Å². The van der Waals surface area contributed by atoms with E-state index in [2.05, 4.69) is 42.2 Å². The first-order valence-corrected chi connectivity index (χ1v) is 14.4. The summed E-state index contributed by atoms with van der Waals surface area (Å²) in [5, 5.41) is 13.4. The number of aromatic nitrogens is 5. The molecule has 6 rings (SSSR count). The maximum atomic E-state index is 13.3. The monoisotopic (exact) mass is 579 g/mol. The van der Waals surface area contributed by atoms with Crippen molar-refractivity contribution in [1.82, 2.24) is 24.6 Å². The summed E-state index contributed by atoms with van der Waals surface area (Å²) in [4.78, 5) is 26.2. The molecule has 10 heteroatoms. The normalized spacial score (nSPS) is 16.4. The summed E-state index contributed by atoms with van der Waals surface area (Å²) in [7, 11) is 1.74. The number of hydrogen-bond donors (Lipinski definition) is 2. The van der Waals surface area contributed by atoms with E-state index in [-0.39, 0.29) is 24.5 Å². The Morgan fingerprint density at radius 3 is 2.74 bits per heavy atom. The number of fused-ring (bicyclic) bond motifs is 2. The minimum Gasteiger partial charge on any atom is -0.381 e. The molecule has 0 amide bonds. The molecule has 1 aliphatic carbocycles. The molecule has 1 saturated carbocycles. The van der Waals surface area contributed by atoms with Crippen LogP contribution in [0.4, 0.5) is 16.3 Å². The van der Waals surface area contributed by atoms with Crippen LogP contribution in [0.15, 0.2) is 73.3 Å². The van der Waals surface area contributed by atoms with Gasteiger partial charge in [-0.3, -0.25) is 9.78 Å². The van der Waals surface area contributed by atoms with Crippen LogP contribution in [-0.2, 0) is 22.5 Å². The number of ketones is 1. The summed E-state index contributed by atoms with van der Waals surface area (Å²) in [6, 6.07) is 15.9. The van der Waals surface area contributed by atoms with E-state index in [1.807, 2.05) is 48.7 Å². The zero-order valence-corrected chi connectivity index (χ0v) is 24.5. The molecule has 0 radical (unpaired) electrons. The number of methoxy groups -OCH3 is 1. The van der Waals surface area contributed by atoms with E-state index in [4.69, 9.17) is 19.7 Å². The van der Waals surface area contributed by atoms with Crippen molar-refractivity contribution in [3.05, 3.63) is 90.0 Å². The zero-order valence-electron chi connectivity index (χ0n) is 24.5. The molecular weight excluding hydrogens is 545 g/mol. The predicted octanol–water partition coefficient (Wildman–Crippen LogP) is 6.26.